The number of aromatic hydroxyl groups is 1. The fourth-order valence-corrected chi connectivity index (χ4v) is 2.81. The third-order valence-corrected chi connectivity index (χ3v) is 4.56. The number of phenols is 1. The van der Waals surface area contributed by atoms with E-state index in [-0.39, 0.29) is 27.2 Å². The van der Waals surface area contributed by atoms with Gasteiger partial charge in [-0.05, 0) is 42.0 Å². The molecule has 1 aromatic heterocycles. The van der Waals surface area contributed by atoms with E-state index in [0.717, 1.165) is 0 Å². The Morgan fingerprint density at radius 1 is 1.17 bits per heavy atom. The highest BCUT2D eigenvalue weighted by molar-refractivity contribution is 6.33. The van der Waals surface area contributed by atoms with Crippen LogP contribution < -0.4 is 20.5 Å². The van der Waals surface area contributed by atoms with Gasteiger partial charge in [-0.3, -0.25) is 10.2 Å². The van der Waals surface area contributed by atoms with Crippen LogP contribution in [0.2, 0.25) is 10.0 Å². The molecular weight excluding hydrogens is 419 g/mol. The largest absolute Gasteiger partial charge is 0.503 e. The number of rotatable bonds is 6. The lowest BCUT2D eigenvalue weighted by atomic mass is 10.2. The molecule has 1 heterocycles. The fourth-order valence-electron chi connectivity index (χ4n) is 2.42. The molecule has 0 saturated carbocycles. The summed E-state index contributed by atoms with van der Waals surface area (Å²) < 4.78 is 11.3. The van der Waals surface area contributed by atoms with Crippen molar-refractivity contribution in [2.45, 2.75) is 0 Å². The molecule has 0 aliphatic heterocycles. The Balaban J connectivity index is 1.82. The number of ether oxygens (including phenoxy) is 2. The van der Waals surface area contributed by atoms with Gasteiger partial charge in [0.15, 0.2) is 11.5 Å². The van der Waals surface area contributed by atoms with Gasteiger partial charge in [0.1, 0.15) is 16.5 Å². The molecule has 3 rings (SSSR count). The van der Waals surface area contributed by atoms with E-state index in [1.165, 1.54) is 30.3 Å². The Morgan fingerprint density at radius 3 is 2.55 bits per heavy atom. The van der Waals surface area contributed by atoms with E-state index in [9.17, 15) is 9.90 Å². The number of halogens is 2. The standard InChI is InChI=1S/C19H16Cl2N4O4/c1-28-13-5-3-12(4-6-13)25-19(27)17(21)15(10-23-25)24-22-9-11-7-14(20)18(26)16(8-11)29-2/h3-10,24,26H,1-2H3/b22-9-. The first kappa shape index (κ1) is 20.5. The van der Waals surface area contributed by atoms with Crippen LogP contribution in [0.3, 0.4) is 0 Å². The van der Waals surface area contributed by atoms with E-state index in [0.29, 0.717) is 17.0 Å². The van der Waals surface area contributed by atoms with Gasteiger partial charge in [-0.25, -0.2) is 0 Å². The zero-order chi connectivity index (χ0) is 21.0. The van der Waals surface area contributed by atoms with Crippen LogP contribution in [0.4, 0.5) is 5.69 Å². The van der Waals surface area contributed by atoms with E-state index >= 15 is 0 Å². The zero-order valence-corrected chi connectivity index (χ0v) is 16.9. The van der Waals surface area contributed by atoms with Crippen molar-refractivity contribution in [1.29, 1.82) is 0 Å². The Bertz CT molecular complexity index is 1110. The summed E-state index contributed by atoms with van der Waals surface area (Å²) in [5.74, 6) is 0.709. The van der Waals surface area contributed by atoms with E-state index < -0.39 is 5.56 Å². The third kappa shape index (κ3) is 4.44. The van der Waals surface area contributed by atoms with Crippen LogP contribution in [0.15, 0.2) is 52.5 Å². The minimum Gasteiger partial charge on any atom is -0.503 e. The monoisotopic (exact) mass is 434 g/mol. The van der Waals surface area contributed by atoms with Gasteiger partial charge in [0.2, 0.25) is 0 Å². The molecule has 3 aromatic rings. The molecular formula is C19H16Cl2N4O4. The number of hydrogen-bond acceptors (Lipinski definition) is 7. The van der Waals surface area contributed by atoms with Gasteiger partial charge in [0.05, 0.1) is 37.3 Å². The number of benzene rings is 2. The van der Waals surface area contributed by atoms with Crippen molar-refractivity contribution < 1.29 is 14.6 Å². The van der Waals surface area contributed by atoms with Crippen molar-refractivity contribution in [3.8, 4) is 22.9 Å². The molecule has 0 aliphatic rings. The Kier molecular flexibility index (Phi) is 6.26. The molecule has 150 valence electrons. The summed E-state index contributed by atoms with van der Waals surface area (Å²) in [5, 5.41) is 17.9. The summed E-state index contributed by atoms with van der Waals surface area (Å²) in [7, 11) is 2.97. The summed E-state index contributed by atoms with van der Waals surface area (Å²) in [6.45, 7) is 0. The highest BCUT2D eigenvalue weighted by atomic mass is 35.5. The number of hydrogen-bond donors (Lipinski definition) is 2. The molecule has 29 heavy (non-hydrogen) atoms. The van der Waals surface area contributed by atoms with Gasteiger partial charge in [-0.1, -0.05) is 23.2 Å². The van der Waals surface area contributed by atoms with Crippen LogP contribution in [-0.2, 0) is 0 Å². The molecule has 0 atom stereocenters. The quantitative estimate of drug-likeness (QED) is 0.453. The molecule has 8 nitrogen and oxygen atoms in total. The first-order valence-electron chi connectivity index (χ1n) is 8.22. The lowest BCUT2D eigenvalue weighted by Gasteiger charge is -2.09. The molecule has 10 heteroatoms. The second-order valence-electron chi connectivity index (χ2n) is 5.71. The first-order valence-corrected chi connectivity index (χ1v) is 8.98. The molecule has 2 aromatic carbocycles. The highest BCUT2D eigenvalue weighted by Gasteiger charge is 2.11. The minimum atomic E-state index is -0.508. The number of nitrogens with one attached hydrogen (secondary N) is 1. The van der Waals surface area contributed by atoms with E-state index in [1.807, 2.05) is 0 Å². The predicted molar refractivity (Wildman–Crippen MR) is 112 cm³/mol. The van der Waals surface area contributed by atoms with Crippen molar-refractivity contribution >= 4 is 35.1 Å². The van der Waals surface area contributed by atoms with Crippen LogP contribution in [-0.4, -0.2) is 35.3 Å². The summed E-state index contributed by atoms with van der Waals surface area (Å²) in [4.78, 5) is 12.5. The normalized spacial score (nSPS) is 10.9. The average Bonchev–Trinajstić information content (AvgIpc) is 2.73. The summed E-state index contributed by atoms with van der Waals surface area (Å²) in [6.07, 6.45) is 2.81. The summed E-state index contributed by atoms with van der Waals surface area (Å²) in [5.41, 5.74) is 3.49. The zero-order valence-electron chi connectivity index (χ0n) is 15.4. The van der Waals surface area contributed by atoms with Crippen LogP contribution in [0.5, 0.6) is 17.2 Å². The molecule has 0 aliphatic carbocycles. The maximum absolute atomic E-state index is 12.5. The molecule has 0 unspecified atom stereocenters. The number of aromatic nitrogens is 2. The van der Waals surface area contributed by atoms with Crippen molar-refractivity contribution in [2.24, 2.45) is 5.10 Å². The van der Waals surface area contributed by atoms with Crippen LogP contribution >= 0.6 is 23.2 Å². The molecule has 2 N–H and O–H groups in total. The van der Waals surface area contributed by atoms with Gasteiger partial charge in [0.25, 0.3) is 5.56 Å². The second kappa shape index (κ2) is 8.85. The number of nitrogens with zero attached hydrogens (tertiary/aromatic N) is 3. The van der Waals surface area contributed by atoms with Crippen molar-refractivity contribution in [3.63, 3.8) is 0 Å². The maximum atomic E-state index is 12.5. The molecule has 0 saturated heterocycles. The second-order valence-corrected chi connectivity index (χ2v) is 6.50. The number of phenolic OH excluding ortho intramolecular Hbond substituents is 1. The first-order chi connectivity index (χ1) is 13.9. The van der Waals surface area contributed by atoms with E-state index in [4.69, 9.17) is 32.7 Å². The topological polar surface area (TPSA) is 98.0 Å². The fraction of sp³-hybridized carbons (Fsp3) is 0.105. The van der Waals surface area contributed by atoms with Gasteiger partial charge in [0, 0.05) is 0 Å². The molecule has 0 spiro atoms. The Morgan fingerprint density at radius 2 is 1.90 bits per heavy atom. The van der Waals surface area contributed by atoms with Gasteiger partial charge >= 0.3 is 0 Å². The Hall–Kier alpha value is -3.23. The smallest absolute Gasteiger partial charge is 0.292 e. The van der Waals surface area contributed by atoms with E-state index in [2.05, 4.69) is 15.6 Å². The number of hydrazone groups is 1. The lowest BCUT2D eigenvalue weighted by Crippen LogP contribution is -2.22. The van der Waals surface area contributed by atoms with Crippen LogP contribution in [0.25, 0.3) is 5.69 Å². The minimum absolute atomic E-state index is 0.0747. The maximum Gasteiger partial charge on any atom is 0.292 e. The predicted octanol–water partition coefficient (Wildman–Crippen LogP) is 3.71. The summed E-state index contributed by atoms with van der Waals surface area (Å²) in [6, 6.07) is 9.86. The molecule has 0 amide bonds. The van der Waals surface area contributed by atoms with Crippen LogP contribution in [0, 0.1) is 0 Å². The van der Waals surface area contributed by atoms with Crippen molar-refractivity contribution in [2.75, 3.05) is 19.6 Å². The molecule has 0 bridgehead atoms. The van der Waals surface area contributed by atoms with Gasteiger partial charge < -0.3 is 14.6 Å². The number of anilines is 1. The van der Waals surface area contributed by atoms with Crippen molar-refractivity contribution in [3.05, 3.63) is 68.6 Å². The highest BCUT2D eigenvalue weighted by Crippen LogP contribution is 2.34. The van der Waals surface area contributed by atoms with Crippen LogP contribution in [0.1, 0.15) is 5.56 Å². The third-order valence-electron chi connectivity index (χ3n) is 3.91. The SMILES string of the molecule is COc1ccc(-n2ncc(N/N=C\c3cc(Cl)c(O)c(OC)c3)c(Cl)c2=O)cc1. The summed E-state index contributed by atoms with van der Waals surface area (Å²) >= 11 is 12.1. The molecule has 0 fully saturated rings. The Labute approximate surface area is 175 Å². The average molecular weight is 435 g/mol. The van der Waals surface area contributed by atoms with Gasteiger partial charge in [-0.2, -0.15) is 14.9 Å². The van der Waals surface area contributed by atoms with Gasteiger partial charge in [-0.15, -0.1) is 0 Å². The number of methoxy groups -OCH3 is 2. The molecule has 0 radical (unpaired) electrons. The lowest BCUT2D eigenvalue weighted by molar-refractivity contribution is 0.373. The van der Waals surface area contributed by atoms with Crippen molar-refractivity contribution in [1.82, 2.24) is 9.78 Å². The van der Waals surface area contributed by atoms with E-state index in [1.54, 1.807) is 37.4 Å².